The summed E-state index contributed by atoms with van der Waals surface area (Å²) in [5.41, 5.74) is 3.77. The Morgan fingerprint density at radius 3 is 2.62 bits per heavy atom. The van der Waals surface area contributed by atoms with Gasteiger partial charge in [0.1, 0.15) is 0 Å². The highest BCUT2D eigenvalue weighted by Gasteiger charge is 2.28. The summed E-state index contributed by atoms with van der Waals surface area (Å²) in [4.78, 5) is 14.1. The Labute approximate surface area is 128 Å². The van der Waals surface area contributed by atoms with Crippen molar-refractivity contribution in [1.29, 1.82) is 0 Å². The smallest absolute Gasteiger partial charge is 0.222 e. The Kier molecular flexibility index (Phi) is 5.40. The highest BCUT2D eigenvalue weighted by molar-refractivity contribution is 5.76. The van der Waals surface area contributed by atoms with Crippen LogP contribution in [-0.4, -0.2) is 35.1 Å². The van der Waals surface area contributed by atoms with Crippen molar-refractivity contribution in [3.05, 3.63) is 34.9 Å². The van der Waals surface area contributed by atoms with Gasteiger partial charge in [0.05, 0.1) is 12.1 Å². The molecule has 1 aromatic rings. The number of rotatable bonds is 4. The number of nitrogens with zero attached hydrogens (tertiary/aromatic N) is 1. The lowest BCUT2D eigenvalue weighted by Crippen LogP contribution is -2.46. The molecule has 1 aromatic carbocycles. The molecule has 1 N–H and O–H groups in total. The van der Waals surface area contributed by atoms with Gasteiger partial charge in [0.25, 0.3) is 0 Å². The third-order valence-corrected chi connectivity index (χ3v) is 4.78. The Morgan fingerprint density at radius 2 is 1.95 bits per heavy atom. The number of aliphatic hydroxyl groups is 1. The zero-order valence-electron chi connectivity index (χ0n) is 13.4. The standard InChI is InChI=1S/C18H27NO2/c1-13-8-9-15(12-14(13)2)10-11-18(21)19(3)16-6-4-5-7-17(16)20/h8-9,12,16-17,20H,4-7,10-11H2,1-3H3/t16-,17-/m1/s1. The van der Waals surface area contributed by atoms with Crippen molar-refractivity contribution in [3.8, 4) is 0 Å². The topological polar surface area (TPSA) is 40.5 Å². The molecule has 116 valence electrons. The number of benzene rings is 1. The van der Waals surface area contributed by atoms with Crippen LogP contribution in [0.1, 0.15) is 48.8 Å². The molecule has 1 aliphatic rings. The van der Waals surface area contributed by atoms with Gasteiger partial charge >= 0.3 is 0 Å². The second-order valence-corrected chi connectivity index (χ2v) is 6.34. The van der Waals surface area contributed by atoms with E-state index in [0.29, 0.717) is 6.42 Å². The third-order valence-electron chi connectivity index (χ3n) is 4.78. The van der Waals surface area contributed by atoms with Gasteiger partial charge in [-0.2, -0.15) is 0 Å². The van der Waals surface area contributed by atoms with E-state index in [1.807, 2.05) is 7.05 Å². The summed E-state index contributed by atoms with van der Waals surface area (Å²) in [7, 11) is 1.84. The number of hydrogen-bond acceptors (Lipinski definition) is 2. The Hall–Kier alpha value is -1.35. The van der Waals surface area contributed by atoms with Gasteiger partial charge in [-0.1, -0.05) is 31.0 Å². The highest BCUT2D eigenvalue weighted by atomic mass is 16.3. The number of carbonyl (C=O) groups excluding carboxylic acids is 1. The van der Waals surface area contributed by atoms with Gasteiger partial charge in [-0.25, -0.2) is 0 Å². The van der Waals surface area contributed by atoms with E-state index in [0.717, 1.165) is 32.1 Å². The lowest BCUT2D eigenvalue weighted by atomic mass is 9.91. The molecule has 0 saturated heterocycles. The molecule has 0 unspecified atom stereocenters. The molecule has 1 amide bonds. The molecule has 0 heterocycles. The maximum Gasteiger partial charge on any atom is 0.222 e. The number of aryl methyl sites for hydroxylation is 3. The van der Waals surface area contributed by atoms with E-state index in [-0.39, 0.29) is 18.1 Å². The van der Waals surface area contributed by atoms with Crippen LogP contribution in [0.15, 0.2) is 18.2 Å². The summed E-state index contributed by atoms with van der Waals surface area (Å²) in [6.45, 7) is 4.20. The van der Waals surface area contributed by atoms with Crippen LogP contribution in [0.3, 0.4) is 0 Å². The van der Waals surface area contributed by atoms with Gasteiger partial charge in [-0.3, -0.25) is 4.79 Å². The number of carbonyl (C=O) groups is 1. The maximum absolute atomic E-state index is 12.3. The molecule has 2 atom stereocenters. The quantitative estimate of drug-likeness (QED) is 0.925. The Morgan fingerprint density at radius 1 is 1.24 bits per heavy atom. The molecule has 21 heavy (non-hydrogen) atoms. The first-order chi connectivity index (χ1) is 9.99. The lowest BCUT2D eigenvalue weighted by Gasteiger charge is -2.35. The van der Waals surface area contributed by atoms with Gasteiger partial charge < -0.3 is 10.0 Å². The number of hydrogen-bond donors (Lipinski definition) is 1. The van der Waals surface area contributed by atoms with Gasteiger partial charge in [0.15, 0.2) is 0 Å². The lowest BCUT2D eigenvalue weighted by molar-refractivity contribution is -0.135. The SMILES string of the molecule is Cc1ccc(CCC(=O)N(C)[C@@H]2CCCC[C@H]2O)cc1C. The minimum Gasteiger partial charge on any atom is -0.391 e. The molecule has 1 aliphatic carbocycles. The van der Waals surface area contributed by atoms with Crippen LogP contribution < -0.4 is 0 Å². The zero-order valence-corrected chi connectivity index (χ0v) is 13.4. The van der Waals surface area contributed by atoms with Crippen molar-refractivity contribution in [2.75, 3.05) is 7.05 Å². The summed E-state index contributed by atoms with van der Waals surface area (Å²) >= 11 is 0. The predicted octanol–water partition coefficient (Wildman–Crippen LogP) is 3.00. The fraction of sp³-hybridized carbons (Fsp3) is 0.611. The molecular formula is C18H27NO2. The van der Waals surface area contributed by atoms with Gasteiger partial charge in [0.2, 0.25) is 5.91 Å². The van der Waals surface area contributed by atoms with Gasteiger partial charge in [-0.05, 0) is 49.8 Å². The minimum atomic E-state index is -0.352. The third kappa shape index (κ3) is 4.07. The van der Waals surface area contributed by atoms with Gasteiger partial charge in [0, 0.05) is 13.5 Å². The number of aliphatic hydroxyl groups excluding tert-OH is 1. The molecule has 0 radical (unpaired) electrons. The molecule has 1 saturated carbocycles. The highest BCUT2D eigenvalue weighted by Crippen LogP contribution is 2.23. The van der Waals surface area contributed by atoms with E-state index in [1.165, 1.54) is 16.7 Å². The van der Waals surface area contributed by atoms with E-state index in [4.69, 9.17) is 0 Å². The van der Waals surface area contributed by atoms with Crippen LogP contribution >= 0.6 is 0 Å². The molecular weight excluding hydrogens is 262 g/mol. The minimum absolute atomic E-state index is 0.00556. The van der Waals surface area contributed by atoms with Crippen molar-refractivity contribution >= 4 is 5.91 Å². The first kappa shape index (κ1) is 16.0. The average Bonchev–Trinajstić information content (AvgIpc) is 2.48. The van der Waals surface area contributed by atoms with Crippen molar-refractivity contribution in [2.45, 2.75) is 64.5 Å². The molecule has 2 rings (SSSR count). The van der Waals surface area contributed by atoms with Crippen molar-refractivity contribution in [3.63, 3.8) is 0 Å². The number of likely N-dealkylation sites (N-methyl/N-ethyl adjacent to an activating group) is 1. The zero-order chi connectivity index (χ0) is 15.4. The molecule has 0 bridgehead atoms. The summed E-state index contributed by atoms with van der Waals surface area (Å²) in [6.07, 6.45) is 4.86. The summed E-state index contributed by atoms with van der Waals surface area (Å²) in [6, 6.07) is 6.39. The van der Waals surface area contributed by atoms with Crippen LogP contribution in [0, 0.1) is 13.8 Å². The normalized spacial score (nSPS) is 22.1. The molecule has 0 aromatic heterocycles. The van der Waals surface area contributed by atoms with Crippen molar-refractivity contribution in [1.82, 2.24) is 4.90 Å². The van der Waals surface area contributed by atoms with Crippen molar-refractivity contribution < 1.29 is 9.90 Å². The van der Waals surface area contributed by atoms with Crippen molar-refractivity contribution in [2.24, 2.45) is 0 Å². The fourth-order valence-corrected chi connectivity index (χ4v) is 3.12. The maximum atomic E-state index is 12.3. The molecule has 3 heteroatoms. The summed E-state index contributed by atoms with van der Waals surface area (Å²) in [5, 5.41) is 10.0. The van der Waals surface area contributed by atoms with Crippen LogP contribution in [0.4, 0.5) is 0 Å². The average molecular weight is 289 g/mol. The van der Waals surface area contributed by atoms with Crippen LogP contribution in [0.5, 0.6) is 0 Å². The largest absolute Gasteiger partial charge is 0.391 e. The number of amides is 1. The van der Waals surface area contributed by atoms with Gasteiger partial charge in [-0.15, -0.1) is 0 Å². The molecule has 0 spiro atoms. The van der Waals surface area contributed by atoms with E-state index in [2.05, 4.69) is 32.0 Å². The predicted molar refractivity (Wildman–Crippen MR) is 85.3 cm³/mol. The molecule has 1 fully saturated rings. The fourth-order valence-electron chi connectivity index (χ4n) is 3.12. The second-order valence-electron chi connectivity index (χ2n) is 6.34. The van der Waals surface area contributed by atoms with E-state index in [9.17, 15) is 9.90 Å². The molecule has 0 aliphatic heterocycles. The van der Waals surface area contributed by atoms with E-state index in [1.54, 1.807) is 4.90 Å². The van der Waals surface area contributed by atoms with E-state index >= 15 is 0 Å². The second kappa shape index (κ2) is 7.08. The monoisotopic (exact) mass is 289 g/mol. The van der Waals surface area contributed by atoms with E-state index < -0.39 is 0 Å². The molecule has 3 nitrogen and oxygen atoms in total. The first-order valence-electron chi connectivity index (χ1n) is 7.99. The van der Waals surface area contributed by atoms with Crippen LogP contribution in [0.2, 0.25) is 0 Å². The van der Waals surface area contributed by atoms with Crippen LogP contribution in [0.25, 0.3) is 0 Å². The summed E-state index contributed by atoms with van der Waals surface area (Å²) < 4.78 is 0. The Balaban J connectivity index is 1.89. The first-order valence-corrected chi connectivity index (χ1v) is 7.99. The van der Waals surface area contributed by atoms with Crippen LogP contribution in [-0.2, 0) is 11.2 Å². The summed E-state index contributed by atoms with van der Waals surface area (Å²) in [5.74, 6) is 0.138. The Bertz CT molecular complexity index is 498.